The van der Waals surface area contributed by atoms with Gasteiger partial charge in [-0.15, -0.1) is 17.7 Å². The van der Waals surface area contributed by atoms with E-state index < -0.39 is 13.3 Å². The fourth-order valence-electron chi connectivity index (χ4n) is 7.62. The second kappa shape index (κ2) is 15.7. The van der Waals surface area contributed by atoms with E-state index in [1.54, 1.807) is 10.6 Å². The number of nitrogens with zero attached hydrogens (tertiary/aromatic N) is 4. The van der Waals surface area contributed by atoms with Crippen molar-refractivity contribution in [2.24, 2.45) is 5.92 Å². The van der Waals surface area contributed by atoms with E-state index in [0.29, 0.717) is 11.6 Å². The van der Waals surface area contributed by atoms with Crippen LogP contribution in [0.3, 0.4) is 0 Å². The Morgan fingerprint density at radius 1 is 0.839 bits per heavy atom. The number of aromatic nitrogens is 4. The summed E-state index contributed by atoms with van der Waals surface area (Å²) in [5.74, 6) is 8.87. The van der Waals surface area contributed by atoms with E-state index in [1.807, 2.05) is 12.1 Å². The van der Waals surface area contributed by atoms with Gasteiger partial charge >= 0.3 is 151 Å². The van der Waals surface area contributed by atoms with Crippen molar-refractivity contribution in [1.29, 1.82) is 0 Å². The minimum atomic E-state index is -1.90. The number of hydrogen-bond donors (Lipinski definition) is 0. The van der Waals surface area contributed by atoms with Gasteiger partial charge in [-0.1, -0.05) is 48.2 Å². The smallest absolute Gasteiger partial charge is 0.216 e. The Hall–Kier alpha value is -4.10. The Labute approximate surface area is 349 Å². The van der Waals surface area contributed by atoms with Gasteiger partial charge in [-0.25, -0.2) is 4.98 Å². The molecule has 291 valence electrons. The molecule has 0 atom stereocenters. The monoisotopic (exact) mass is 981 g/mol. The number of imidazole rings is 1. The predicted octanol–water partition coefficient (Wildman–Crippen LogP) is 12.6. The van der Waals surface area contributed by atoms with Gasteiger partial charge in [0.05, 0.1) is 22.4 Å². The first-order valence-electron chi connectivity index (χ1n) is 19.5. The van der Waals surface area contributed by atoms with E-state index in [9.17, 15) is 0 Å². The zero-order valence-electron chi connectivity index (χ0n) is 35.0. The molecule has 0 saturated carbocycles. The number of benzene rings is 4. The molecule has 56 heavy (non-hydrogen) atoms. The van der Waals surface area contributed by atoms with Gasteiger partial charge in [0.15, 0.2) is 0 Å². The van der Waals surface area contributed by atoms with Gasteiger partial charge in [-0.2, -0.15) is 0 Å². The molecule has 0 N–H and O–H groups in total. The molecular formula is C49H54GeIrN4O-2. The molecule has 0 bridgehead atoms. The molecule has 4 aromatic carbocycles. The molecule has 0 unspecified atom stereocenters. The molecule has 0 fully saturated rings. The number of furan rings is 1. The largest absolute Gasteiger partial charge is 0.486 e. The SMILES string of the molecule is CC(C)Cc1cc(-c2[c-]cc(C(C)(C)C)cc2)nc[c]1[Ge]([CH3])([CH3])[CH3].Cc1c[c-]c(-c2nc3ccc4ccccc4c3n2C(C)(C)C)c2oc3ncccc3c12.[Ir]. The molecule has 5 nitrogen and oxygen atoms in total. The first-order valence-corrected chi connectivity index (χ1v) is 26.9. The molecule has 0 aliphatic rings. The van der Waals surface area contributed by atoms with Crippen molar-refractivity contribution in [3.63, 3.8) is 0 Å². The fraction of sp³-hybridized carbons (Fsp3) is 0.327. The molecule has 0 saturated heterocycles. The zero-order valence-corrected chi connectivity index (χ0v) is 39.5. The number of rotatable bonds is 5. The summed E-state index contributed by atoms with van der Waals surface area (Å²) in [6.07, 6.45) is 5.05. The Balaban J connectivity index is 0.000000194. The van der Waals surface area contributed by atoms with Gasteiger partial charge in [-0.3, -0.25) is 4.98 Å². The van der Waals surface area contributed by atoms with E-state index in [0.717, 1.165) is 62.0 Å². The molecular weight excluding hydrogens is 925 g/mol. The summed E-state index contributed by atoms with van der Waals surface area (Å²) >= 11 is -1.90. The molecule has 4 aromatic heterocycles. The van der Waals surface area contributed by atoms with Crippen LogP contribution in [0.2, 0.25) is 17.3 Å². The molecule has 0 amide bonds. The average Bonchev–Trinajstić information content (AvgIpc) is 3.72. The van der Waals surface area contributed by atoms with E-state index >= 15 is 0 Å². The number of hydrogen-bond acceptors (Lipinski definition) is 4. The van der Waals surface area contributed by atoms with E-state index in [2.05, 4.69) is 174 Å². The number of aryl methyl sites for hydroxylation is 1. The van der Waals surface area contributed by atoms with Crippen molar-refractivity contribution in [2.75, 3.05) is 0 Å². The van der Waals surface area contributed by atoms with Crippen molar-refractivity contribution in [1.82, 2.24) is 19.5 Å². The van der Waals surface area contributed by atoms with Crippen LogP contribution in [0.1, 0.15) is 72.1 Å². The zero-order chi connectivity index (χ0) is 39.4. The second-order valence-electron chi connectivity index (χ2n) is 18.4. The third-order valence-corrected chi connectivity index (χ3v) is 14.7. The molecule has 0 aliphatic heterocycles. The summed E-state index contributed by atoms with van der Waals surface area (Å²) in [6, 6.07) is 34.5. The fourth-order valence-corrected chi connectivity index (χ4v) is 11.0. The van der Waals surface area contributed by atoms with Gasteiger partial charge in [-0.05, 0) is 44.4 Å². The van der Waals surface area contributed by atoms with Crippen LogP contribution in [0.25, 0.3) is 66.5 Å². The van der Waals surface area contributed by atoms with E-state index in [-0.39, 0.29) is 31.1 Å². The van der Waals surface area contributed by atoms with Crippen LogP contribution < -0.4 is 4.40 Å². The third-order valence-electron chi connectivity index (χ3n) is 10.3. The summed E-state index contributed by atoms with van der Waals surface area (Å²) in [4.78, 5) is 14.3. The number of fused-ring (bicyclic) bond motifs is 6. The molecule has 1 radical (unpaired) electrons. The van der Waals surface area contributed by atoms with Crippen molar-refractivity contribution in [3.05, 3.63) is 120 Å². The van der Waals surface area contributed by atoms with E-state index in [4.69, 9.17) is 14.4 Å². The summed E-state index contributed by atoms with van der Waals surface area (Å²) in [6.45, 7) is 20.0. The van der Waals surface area contributed by atoms with Gasteiger partial charge in [0.2, 0.25) is 5.71 Å². The Morgan fingerprint density at radius 3 is 2.23 bits per heavy atom. The maximum atomic E-state index is 6.27. The van der Waals surface area contributed by atoms with Gasteiger partial charge < -0.3 is 8.98 Å². The Morgan fingerprint density at radius 2 is 1.57 bits per heavy atom. The molecule has 0 spiro atoms. The Bertz CT molecular complexity index is 2670. The quantitative estimate of drug-likeness (QED) is 0.127. The topological polar surface area (TPSA) is 56.7 Å². The first-order chi connectivity index (χ1) is 25.9. The van der Waals surface area contributed by atoms with Crippen LogP contribution in [0.15, 0.2) is 95.7 Å². The van der Waals surface area contributed by atoms with Gasteiger partial charge in [0, 0.05) is 42.6 Å². The molecule has 8 aromatic rings. The van der Waals surface area contributed by atoms with Gasteiger partial charge in [0.25, 0.3) is 0 Å². The van der Waals surface area contributed by atoms with Crippen LogP contribution in [0.5, 0.6) is 0 Å². The Kier molecular flexibility index (Phi) is 11.6. The molecule has 0 aliphatic carbocycles. The molecule has 7 heteroatoms. The average molecular weight is 980 g/mol. The van der Waals surface area contributed by atoms with Crippen LogP contribution >= 0.6 is 0 Å². The van der Waals surface area contributed by atoms with Crippen LogP contribution in [-0.4, -0.2) is 32.8 Å². The normalized spacial score (nSPS) is 12.4. The first kappa shape index (κ1) is 41.5. The minimum absolute atomic E-state index is 0. The van der Waals surface area contributed by atoms with Crippen molar-refractivity contribution < 1.29 is 24.5 Å². The maximum Gasteiger partial charge on any atom is 0.216 e. The summed E-state index contributed by atoms with van der Waals surface area (Å²) in [7, 11) is 0. The van der Waals surface area contributed by atoms with Crippen molar-refractivity contribution in [2.45, 2.75) is 97.0 Å². The van der Waals surface area contributed by atoms with Gasteiger partial charge in [0.1, 0.15) is 0 Å². The number of pyridine rings is 2. The molecule has 4 heterocycles. The standard InChI is InChI=1S/C27H22N3O.C22H32GeN.Ir/c1-16-11-13-20(24-22(16)19-10-7-15-28-26(19)31-24)25-29-21-14-12-17-8-5-6-9-18(17)23(21)30(25)27(2,3)4;1-16(2)13-18-14-21(24-15-20(18)23(6,7)8)17-9-11-19(12-10-17)22(3,4)5;/h5-12,14-15H,1-4H3;9,11-12,14-16H,13H2,1-8H3;/q2*-1;. The van der Waals surface area contributed by atoms with Crippen molar-refractivity contribution in [3.8, 4) is 22.6 Å². The third kappa shape index (κ3) is 8.16. The summed E-state index contributed by atoms with van der Waals surface area (Å²) in [5, 5.41) is 4.50. The second-order valence-corrected chi connectivity index (χ2v) is 29.0. The van der Waals surface area contributed by atoms with Crippen LogP contribution in [-0.2, 0) is 37.5 Å². The summed E-state index contributed by atoms with van der Waals surface area (Å²) < 4.78 is 10.1. The summed E-state index contributed by atoms with van der Waals surface area (Å²) in [5.41, 5.74) is 10.5. The van der Waals surface area contributed by atoms with Crippen LogP contribution in [0, 0.1) is 25.0 Å². The molecule has 8 rings (SSSR count). The minimum Gasteiger partial charge on any atom is -0.486 e. The van der Waals surface area contributed by atoms with E-state index in [1.165, 1.54) is 21.9 Å². The van der Waals surface area contributed by atoms with Crippen molar-refractivity contribution >= 4 is 61.5 Å². The predicted molar refractivity (Wildman–Crippen MR) is 235 cm³/mol. The maximum absolute atomic E-state index is 6.27. The van der Waals surface area contributed by atoms with Crippen LogP contribution in [0.4, 0.5) is 0 Å².